The Balaban J connectivity index is 1.64. The summed E-state index contributed by atoms with van der Waals surface area (Å²) in [7, 11) is 0. The van der Waals surface area contributed by atoms with E-state index < -0.39 is 0 Å². The molecule has 1 aromatic heterocycles. The smallest absolute Gasteiger partial charge is 0.287 e. The molecule has 0 bridgehead atoms. The molecule has 0 aliphatic carbocycles. The number of nitrogens with one attached hydrogen (secondary N) is 1. The minimum absolute atomic E-state index is 0.0898. The molecule has 130 valence electrons. The lowest BCUT2D eigenvalue weighted by Gasteiger charge is -2.16. The quantitative estimate of drug-likeness (QED) is 0.519. The van der Waals surface area contributed by atoms with Crippen LogP contribution < -0.4 is 5.32 Å². The number of hydrogen-bond donors (Lipinski definition) is 1. The van der Waals surface area contributed by atoms with Gasteiger partial charge in [0.2, 0.25) is 0 Å². The molecule has 1 N–H and O–H groups in total. The van der Waals surface area contributed by atoms with Gasteiger partial charge in [-0.3, -0.25) is 4.79 Å². The van der Waals surface area contributed by atoms with Gasteiger partial charge in [0, 0.05) is 5.39 Å². The van der Waals surface area contributed by atoms with Crippen molar-refractivity contribution in [1.82, 2.24) is 5.32 Å². The van der Waals surface area contributed by atoms with Crippen molar-refractivity contribution in [2.24, 2.45) is 0 Å². The van der Waals surface area contributed by atoms with E-state index in [1.54, 1.807) is 0 Å². The van der Waals surface area contributed by atoms with Crippen LogP contribution in [0.5, 0.6) is 0 Å². The first-order valence-corrected chi connectivity index (χ1v) is 8.82. The average Bonchev–Trinajstić information content (AvgIpc) is 3.06. The fourth-order valence-electron chi connectivity index (χ4n) is 3.56. The number of carbonyl (C=O) groups excluding carboxylic acids is 1. The Kier molecular flexibility index (Phi) is 4.00. The Morgan fingerprint density at radius 3 is 2.58 bits per heavy atom. The molecule has 0 spiro atoms. The van der Waals surface area contributed by atoms with Crippen molar-refractivity contribution in [1.29, 1.82) is 0 Å². The second-order valence-corrected chi connectivity index (χ2v) is 6.86. The minimum atomic E-state index is -0.197. The first-order chi connectivity index (χ1) is 12.5. The van der Waals surface area contributed by atoms with E-state index in [4.69, 9.17) is 4.42 Å². The van der Waals surface area contributed by atoms with E-state index in [1.807, 2.05) is 43.3 Å². The summed E-state index contributed by atoms with van der Waals surface area (Å²) in [5, 5.41) is 6.24. The number of furan rings is 1. The summed E-state index contributed by atoms with van der Waals surface area (Å²) >= 11 is 0. The molecule has 1 heterocycles. The maximum absolute atomic E-state index is 12.7. The molecule has 4 rings (SSSR count). The summed E-state index contributed by atoms with van der Waals surface area (Å²) in [5.74, 6) is 0.144. The van der Waals surface area contributed by atoms with E-state index in [9.17, 15) is 4.79 Å². The molecule has 1 amide bonds. The zero-order valence-electron chi connectivity index (χ0n) is 15.2. The van der Waals surface area contributed by atoms with Crippen LogP contribution in [-0.2, 0) is 0 Å². The fraction of sp³-hybridized carbons (Fsp3) is 0.174. The van der Waals surface area contributed by atoms with Gasteiger partial charge in [-0.05, 0) is 54.8 Å². The molecule has 1 unspecified atom stereocenters. The highest BCUT2D eigenvalue weighted by Gasteiger charge is 2.17. The van der Waals surface area contributed by atoms with E-state index in [0.29, 0.717) is 5.76 Å². The maximum atomic E-state index is 12.7. The Bertz CT molecular complexity index is 1120. The van der Waals surface area contributed by atoms with E-state index in [2.05, 4.69) is 43.4 Å². The Labute approximate surface area is 152 Å². The topological polar surface area (TPSA) is 42.2 Å². The van der Waals surface area contributed by atoms with Gasteiger partial charge in [0.25, 0.3) is 5.91 Å². The highest BCUT2D eigenvalue weighted by atomic mass is 16.3. The first-order valence-electron chi connectivity index (χ1n) is 8.82. The number of fused-ring (bicyclic) bond motifs is 3. The molecule has 4 aromatic rings. The Morgan fingerprint density at radius 2 is 1.77 bits per heavy atom. The molecule has 3 heteroatoms. The first kappa shape index (κ1) is 16.4. The monoisotopic (exact) mass is 343 g/mol. The van der Waals surface area contributed by atoms with Gasteiger partial charge in [-0.25, -0.2) is 0 Å². The third-order valence-electron chi connectivity index (χ3n) is 4.89. The second kappa shape index (κ2) is 6.34. The molecule has 26 heavy (non-hydrogen) atoms. The molecule has 0 fully saturated rings. The molecular formula is C23H21NO2. The molecule has 0 aliphatic rings. The predicted octanol–water partition coefficient (Wildman–Crippen LogP) is 5.69. The van der Waals surface area contributed by atoms with Gasteiger partial charge < -0.3 is 9.73 Å². The molecule has 1 atom stereocenters. The number of amides is 1. The summed E-state index contributed by atoms with van der Waals surface area (Å²) in [6, 6.07) is 20.1. The van der Waals surface area contributed by atoms with Crippen molar-refractivity contribution in [3.05, 3.63) is 83.1 Å². The molecule has 0 aliphatic heterocycles. The summed E-state index contributed by atoms with van der Waals surface area (Å²) in [6.45, 7) is 6.13. The third-order valence-corrected chi connectivity index (χ3v) is 4.89. The number of aryl methyl sites for hydroxylation is 2. The van der Waals surface area contributed by atoms with Crippen molar-refractivity contribution < 1.29 is 9.21 Å². The highest BCUT2D eigenvalue weighted by Crippen LogP contribution is 2.28. The zero-order chi connectivity index (χ0) is 18.3. The van der Waals surface area contributed by atoms with Gasteiger partial charge in [-0.1, -0.05) is 54.1 Å². The van der Waals surface area contributed by atoms with Gasteiger partial charge in [0.15, 0.2) is 5.76 Å². The van der Waals surface area contributed by atoms with E-state index in [1.165, 1.54) is 11.1 Å². The normalized spacial score (nSPS) is 12.4. The van der Waals surface area contributed by atoms with E-state index in [-0.39, 0.29) is 11.9 Å². The maximum Gasteiger partial charge on any atom is 0.287 e. The van der Waals surface area contributed by atoms with Crippen molar-refractivity contribution in [3.63, 3.8) is 0 Å². The van der Waals surface area contributed by atoms with Gasteiger partial charge >= 0.3 is 0 Å². The predicted molar refractivity (Wildman–Crippen MR) is 106 cm³/mol. The van der Waals surface area contributed by atoms with E-state index in [0.717, 1.165) is 27.3 Å². The zero-order valence-corrected chi connectivity index (χ0v) is 15.2. The molecule has 0 radical (unpaired) electrons. The largest absolute Gasteiger partial charge is 0.451 e. The van der Waals surface area contributed by atoms with Gasteiger partial charge in [-0.15, -0.1) is 0 Å². The standard InChI is InChI=1S/C23H21NO2/c1-14-8-10-18(15(2)12-14)16(3)24-23(25)22-13-20-19-7-5-4-6-17(19)9-11-21(20)26-22/h4-13,16H,1-3H3,(H,24,25). The molecule has 3 aromatic carbocycles. The molecule has 3 nitrogen and oxygen atoms in total. The summed E-state index contributed by atoms with van der Waals surface area (Å²) < 4.78 is 5.81. The Hall–Kier alpha value is -3.07. The van der Waals surface area contributed by atoms with Crippen LogP contribution in [0.2, 0.25) is 0 Å². The number of benzene rings is 3. The molecule has 0 saturated carbocycles. The van der Waals surface area contributed by atoms with Gasteiger partial charge in [-0.2, -0.15) is 0 Å². The van der Waals surface area contributed by atoms with Gasteiger partial charge in [0.1, 0.15) is 5.58 Å². The van der Waals surface area contributed by atoms with Crippen molar-refractivity contribution in [2.45, 2.75) is 26.8 Å². The summed E-state index contributed by atoms with van der Waals surface area (Å²) in [5.41, 5.74) is 4.24. The van der Waals surface area contributed by atoms with Crippen molar-refractivity contribution in [3.8, 4) is 0 Å². The van der Waals surface area contributed by atoms with Crippen LogP contribution in [0, 0.1) is 13.8 Å². The van der Waals surface area contributed by atoms with Crippen molar-refractivity contribution >= 4 is 27.6 Å². The lowest BCUT2D eigenvalue weighted by Crippen LogP contribution is -2.26. The lowest BCUT2D eigenvalue weighted by atomic mass is 10.0. The average molecular weight is 343 g/mol. The second-order valence-electron chi connectivity index (χ2n) is 6.86. The number of carbonyl (C=O) groups is 1. The van der Waals surface area contributed by atoms with E-state index >= 15 is 0 Å². The fourth-order valence-corrected chi connectivity index (χ4v) is 3.56. The van der Waals surface area contributed by atoms with Crippen LogP contribution in [-0.4, -0.2) is 5.91 Å². The highest BCUT2D eigenvalue weighted by molar-refractivity contribution is 6.08. The lowest BCUT2D eigenvalue weighted by molar-refractivity contribution is 0.0914. The SMILES string of the molecule is Cc1ccc(C(C)NC(=O)c2cc3c(ccc4ccccc43)o2)c(C)c1. The van der Waals surface area contributed by atoms with Crippen molar-refractivity contribution in [2.75, 3.05) is 0 Å². The number of rotatable bonds is 3. The van der Waals surface area contributed by atoms with Crippen LogP contribution in [0.4, 0.5) is 0 Å². The van der Waals surface area contributed by atoms with Crippen LogP contribution in [0.25, 0.3) is 21.7 Å². The van der Waals surface area contributed by atoms with Crippen LogP contribution >= 0.6 is 0 Å². The molecule has 0 saturated heterocycles. The van der Waals surface area contributed by atoms with Crippen LogP contribution in [0.15, 0.2) is 65.1 Å². The van der Waals surface area contributed by atoms with Crippen LogP contribution in [0.1, 0.15) is 40.2 Å². The van der Waals surface area contributed by atoms with Gasteiger partial charge in [0.05, 0.1) is 6.04 Å². The van der Waals surface area contributed by atoms with Crippen LogP contribution in [0.3, 0.4) is 0 Å². The summed E-state index contributed by atoms with van der Waals surface area (Å²) in [6.07, 6.45) is 0. The Morgan fingerprint density at radius 1 is 0.962 bits per heavy atom. The third kappa shape index (κ3) is 2.86. The minimum Gasteiger partial charge on any atom is -0.451 e. The number of hydrogen-bond acceptors (Lipinski definition) is 2. The summed E-state index contributed by atoms with van der Waals surface area (Å²) in [4.78, 5) is 12.7. The molecular weight excluding hydrogens is 322 g/mol.